The summed E-state index contributed by atoms with van der Waals surface area (Å²) in [7, 11) is 3.35. The molecule has 5 fully saturated rings. The van der Waals surface area contributed by atoms with Gasteiger partial charge in [-0.15, -0.1) is 0 Å². The highest BCUT2D eigenvalue weighted by atomic mass is 16.8. The Morgan fingerprint density at radius 1 is 0.314 bits per heavy atom. The minimum absolute atomic E-state index is 0.0558. The molecule has 13 rings (SSSR count). The van der Waals surface area contributed by atoms with Crippen LogP contribution in [0.25, 0.3) is 20.9 Å². The Balaban J connectivity index is 0.900. The number of carbonyl (C=O) groups is 8. The van der Waals surface area contributed by atoms with Crippen molar-refractivity contribution in [2.75, 3.05) is 41.2 Å². The lowest BCUT2D eigenvalue weighted by molar-refractivity contribution is -0.382. The van der Waals surface area contributed by atoms with Crippen molar-refractivity contribution in [3.63, 3.8) is 0 Å². The van der Waals surface area contributed by atoms with Crippen LogP contribution in [0.3, 0.4) is 0 Å². The van der Waals surface area contributed by atoms with E-state index in [9.17, 15) is 39.8 Å². The Labute approximate surface area is 788 Å². The first-order valence-corrected chi connectivity index (χ1v) is 44.1. The molecule has 0 spiro atoms. The summed E-state index contributed by atoms with van der Waals surface area (Å²) in [6.07, 6.45) is -40.3. The number of alkyl carbamates (subject to hydrolysis) is 1. The standard InChI is InChI=1S/C98H107N7O32/c1-58(106)117-55-70-76(119-48-62-32-16-8-17-33-62)80(121-50-64-36-20-10-21-37-64)74(102-104-99)94(130-70)134-84-82(122-51-65-38-22-11-23-39-65)88(124-53-67-42-26-13-27-43-67)96(136-86(84)91(111)114-5)133-78-71(56-118-59(2)107)131-95(75(103-105-100)81(78)127-60(3)108)135-85-83(123-52-66-40-24-12-25-41-66)89(128-61(4)109)97(137-87(85)92(112)115-6)132-77-72(57-125-90(110)69-46-30-15-31-47-69)129-93(116-7)73(79(77)120-49-63-34-18-9-19-35-63)101-98(113)126-54-68-44-28-14-29-45-68/h8-47,70-89,93-97H,48-57H2,1-7H3,(H,101,113)/t70-,71-,72-,73-,74-,75-,76-,77-,78-,79-,80-,81-,82+,83+,84+,85+,86+,87-,88-,89-,93+,94-,95-,96-,97-/m1/s1. The van der Waals surface area contributed by atoms with E-state index < -0.39 is 228 Å². The Bertz CT molecular complexity index is 5270. The maximum atomic E-state index is 15.3. The Morgan fingerprint density at radius 3 is 1.01 bits per heavy atom. The molecule has 5 aliphatic rings. The number of hydrogen-bond donors (Lipinski definition) is 1. The number of nitrogens with zero attached hydrogens (tertiary/aromatic N) is 6. The molecular weight excluding hydrogens is 1790 g/mol. The summed E-state index contributed by atoms with van der Waals surface area (Å²) in [6.45, 7) is 0.704. The van der Waals surface area contributed by atoms with Crippen LogP contribution in [-0.2, 0) is 189 Å². The molecule has 5 saturated heterocycles. The molecule has 39 heteroatoms. The predicted molar refractivity (Wildman–Crippen MR) is 474 cm³/mol. The molecule has 726 valence electrons. The number of esters is 7. The molecule has 1 N–H and O–H groups in total. The van der Waals surface area contributed by atoms with Gasteiger partial charge in [0.25, 0.3) is 0 Å². The molecule has 5 aliphatic heterocycles. The van der Waals surface area contributed by atoms with Crippen molar-refractivity contribution in [1.82, 2.24) is 5.32 Å². The molecule has 8 aromatic carbocycles. The van der Waals surface area contributed by atoms with E-state index in [4.69, 9.17) is 114 Å². The van der Waals surface area contributed by atoms with Crippen LogP contribution in [-0.4, -0.2) is 242 Å². The van der Waals surface area contributed by atoms with Gasteiger partial charge in [0.2, 0.25) is 0 Å². The number of benzene rings is 8. The summed E-state index contributed by atoms with van der Waals surface area (Å²) in [5, 5.41) is 11.3. The van der Waals surface area contributed by atoms with E-state index in [2.05, 4.69) is 25.4 Å². The van der Waals surface area contributed by atoms with Crippen LogP contribution in [0.15, 0.2) is 253 Å². The van der Waals surface area contributed by atoms with Gasteiger partial charge in [-0.3, -0.25) is 19.2 Å². The van der Waals surface area contributed by atoms with E-state index >= 15 is 9.59 Å². The lowest BCUT2D eigenvalue weighted by Crippen LogP contribution is -2.70. The highest BCUT2D eigenvalue weighted by molar-refractivity contribution is 5.89. The average Bonchev–Trinajstić information content (AvgIpc) is 0.752. The van der Waals surface area contributed by atoms with Gasteiger partial charge in [-0.2, -0.15) is 0 Å². The van der Waals surface area contributed by atoms with Gasteiger partial charge in [-0.1, -0.05) is 241 Å². The quantitative estimate of drug-likeness (QED) is 0.0122. The van der Waals surface area contributed by atoms with Crippen molar-refractivity contribution in [1.29, 1.82) is 0 Å². The van der Waals surface area contributed by atoms with Crippen LogP contribution in [0.2, 0.25) is 0 Å². The molecule has 8 aromatic rings. The van der Waals surface area contributed by atoms with Crippen LogP contribution < -0.4 is 5.32 Å². The molecule has 39 nitrogen and oxygen atoms in total. The van der Waals surface area contributed by atoms with Gasteiger partial charge in [-0.25, -0.2) is 19.2 Å². The van der Waals surface area contributed by atoms with Gasteiger partial charge in [0.1, 0.15) is 130 Å². The topological polar surface area (TPSA) is 468 Å². The first-order chi connectivity index (χ1) is 66.7. The summed E-state index contributed by atoms with van der Waals surface area (Å²) in [6, 6.07) is 64.7. The maximum absolute atomic E-state index is 15.3. The van der Waals surface area contributed by atoms with Crippen molar-refractivity contribution in [2.45, 2.75) is 227 Å². The number of rotatable bonds is 43. The van der Waals surface area contributed by atoms with Crippen molar-refractivity contribution in [3.8, 4) is 0 Å². The molecule has 0 aromatic heterocycles. The molecule has 137 heavy (non-hydrogen) atoms. The molecule has 25 atom stereocenters. The summed E-state index contributed by atoms with van der Waals surface area (Å²) in [4.78, 5) is 120. The highest BCUT2D eigenvalue weighted by Crippen LogP contribution is 2.43. The van der Waals surface area contributed by atoms with Crippen LogP contribution >= 0.6 is 0 Å². The van der Waals surface area contributed by atoms with Crippen molar-refractivity contribution >= 4 is 47.9 Å². The van der Waals surface area contributed by atoms with E-state index in [1.54, 1.807) is 194 Å². The van der Waals surface area contributed by atoms with E-state index in [-0.39, 0.29) is 45.2 Å². The first kappa shape index (κ1) is 102. The smallest absolute Gasteiger partial charge is 0.407 e. The van der Waals surface area contributed by atoms with Crippen LogP contribution in [0.1, 0.15) is 77.0 Å². The highest BCUT2D eigenvalue weighted by Gasteiger charge is 2.62. The second-order valence-corrected chi connectivity index (χ2v) is 32.1. The number of hydrogen-bond acceptors (Lipinski definition) is 34. The Kier molecular flexibility index (Phi) is 38.2. The van der Waals surface area contributed by atoms with Gasteiger partial charge in [0.15, 0.2) is 49.8 Å². The van der Waals surface area contributed by atoms with Crippen LogP contribution in [0, 0.1) is 0 Å². The number of carbonyl (C=O) groups excluding carboxylic acids is 8. The number of nitrogens with one attached hydrogen (secondary N) is 1. The van der Waals surface area contributed by atoms with Crippen LogP contribution in [0.4, 0.5) is 4.79 Å². The summed E-state index contributed by atoms with van der Waals surface area (Å²) < 4.78 is 157. The van der Waals surface area contributed by atoms with Crippen molar-refractivity contribution in [3.05, 3.63) is 308 Å². The lowest BCUT2D eigenvalue weighted by Gasteiger charge is -2.51. The van der Waals surface area contributed by atoms with Gasteiger partial charge in [0, 0.05) is 44.6 Å². The zero-order valence-corrected chi connectivity index (χ0v) is 75.8. The second kappa shape index (κ2) is 51.5. The predicted octanol–water partition coefficient (Wildman–Crippen LogP) is 11.2. The van der Waals surface area contributed by atoms with E-state index in [0.29, 0.717) is 38.9 Å². The summed E-state index contributed by atoms with van der Waals surface area (Å²) >= 11 is 0. The average molecular weight is 1890 g/mol. The van der Waals surface area contributed by atoms with Crippen molar-refractivity contribution in [2.24, 2.45) is 10.2 Å². The minimum Gasteiger partial charge on any atom is -0.467 e. The fourth-order valence-electron chi connectivity index (χ4n) is 16.2. The third-order valence-corrected chi connectivity index (χ3v) is 22.6. The molecule has 0 unspecified atom stereocenters. The SMILES string of the molecule is COC(=O)[C@H]1O[C@@H](O[C@H]2[C@H](OC(C)=O)[C@@H](N=[N+]=[N-])[C@@H](O[C@H]3[C@H](OCc4ccccc4)[C@@H](OC(C)=O)[C@H](O[C@H]4[C@H](OCc5ccccc5)[C@@H](NC(=O)OCc5ccccc5)[C@@H](OC)O[C@@H]4COC(=O)c4ccccc4)O[C@H]3C(=O)OC)O[C@@H]2COC(C)=O)[C@H](OCc2ccccc2)[C@@H](OCc2ccccc2)[C@@H]1O[C@H]1O[C@H](COC(C)=O)[C@@H](OCc2ccccc2)[C@H](OCc2ccccc2)[C@H]1N=[N+]=[N-]. The fourth-order valence-corrected chi connectivity index (χ4v) is 16.2. The molecule has 0 aliphatic carbocycles. The maximum Gasteiger partial charge on any atom is 0.407 e. The Hall–Kier alpha value is -12.7. The molecule has 0 radical (unpaired) electrons. The molecule has 0 bridgehead atoms. The van der Waals surface area contributed by atoms with E-state index in [1.807, 2.05) is 36.4 Å². The molecule has 5 heterocycles. The number of amides is 1. The zero-order valence-electron chi connectivity index (χ0n) is 75.8. The van der Waals surface area contributed by atoms with Crippen molar-refractivity contribution < 1.29 is 152 Å². The Morgan fingerprint density at radius 2 is 0.628 bits per heavy atom. The third-order valence-electron chi connectivity index (χ3n) is 22.6. The lowest BCUT2D eigenvalue weighted by atomic mass is 9.93. The summed E-state index contributed by atoms with van der Waals surface area (Å²) in [5.41, 5.74) is 26.0. The molecule has 1 amide bonds. The molecule has 0 saturated carbocycles. The van der Waals surface area contributed by atoms with Crippen LogP contribution in [0.5, 0.6) is 0 Å². The van der Waals surface area contributed by atoms with Gasteiger partial charge < -0.3 is 119 Å². The first-order valence-electron chi connectivity index (χ1n) is 44.1. The normalized spacial score (nSPS) is 27.9. The van der Waals surface area contributed by atoms with Gasteiger partial charge >= 0.3 is 47.9 Å². The van der Waals surface area contributed by atoms with E-state index in [0.717, 1.165) is 35.0 Å². The fraction of sp³-hybridized carbons (Fsp3) is 0.429. The number of azide groups is 2. The zero-order chi connectivity index (χ0) is 96.5. The largest absolute Gasteiger partial charge is 0.467 e. The van der Waals surface area contributed by atoms with Gasteiger partial charge in [-0.05, 0) is 62.1 Å². The monoisotopic (exact) mass is 1890 g/mol. The third kappa shape index (κ3) is 28.3. The van der Waals surface area contributed by atoms with E-state index in [1.165, 1.54) is 26.2 Å². The summed E-state index contributed by atoms with van der Waals surface area (Å²) in [5.74, 6) is -6.95. The number of ether oxygens (including phenoxy) is 24. The van der Waals surface area contributed by atoms with Gasteiger partial charge in [0.05, 0.1) is 59.4 Å². The molecular formula is C98H107N7O32. The minimum atomic E-state index is -2.19. The second-order valence-electron chi connectivity index (χ2n) is 32.1. The number of methoxy groups -OCH3 is 3.